The molecule has 0 unspecified atom stereocenters. The Hall–Kier alpha value is -1.44. The number of nitrogens with zero attached hydrogens (tertiary/aromatic N) is 2. The molecule has 0 spiro atoms. The second kappa shape index (κ2) is 7.37. The fraction of sp³-hybridized carbons (Fsp3) is 0.462. The highest BCUT2D eigenvalue weighted by Gasteiger charge is 2.29. The molecular weight excluding hydrogens is 276 g/mol. The van der Waals surface area contributed by atoms with E-state index in [0.29, 0.717) is 12.1 Å². The monoisotopic (exact) mass is 298 g/mol. The van der Waals surface area contributed by atoms with Crippen LogP contribution in [-0.4, -0.2) is 42.6 Å². The van der Waals surface area contributed by atoms with Gasteiger partial charge in [-0.2, -0.15) is 9.40 Å². The van der Waals surface area contributed by atoms with E-state index in [1.165, 1.54) is 4.31 Å². The summed E-state index contributed by atoms with van der Waals surface area (Å²) in [6.45, 7) is 12.6. The molecule has 7 heteroatoms. The van der Waals surface area contributed by atoms with Crippen LogP contribution in [0, 0.1) is 6.92 Å². The molecule has 0 amide bonds. The van der Waals surface area contributed by atoms with E-state index >= 15 is 0 Å². The fourth-order valence-corrected chi connectivity index (χ4v) is 3.33. The van der Waals surface area contributed by atoms with E-state index in [0.717, 1.165) is 12.2 Å². The van der Waals surface area contributed by atoms with Crippen LogP contribution in [0.5, 0.6) is 0 Å². The lowest BCUT2D eigenvalue weighted by molar-refractivity contribution is 0.469. The van der Waals surface area contributed by atoms with Gasteiger partial charge in [-0.3, -0.25) is 5.10 Å². The van der Waals surface area contributed by atoms with Crippen LogP contribution in [0.2, 0.25) is 0 Å². The molecule has 112 valence electrons. The van der Waals surface area contributed by atoms with Crippen LogP contribution in [-0.2, 0) is 16.6 Å². The summed E-state index contributed by atoms with van der Waals surface area (Å²) in [5.74, 6) is 0. The molecule has 1 aromatic heterocycles. The number of aromatic amines is 1. The molecule has 0 radical (unpaired) electrons. The van der Waals surface area contributed by atoms with Crippen molar-refractivity contribution in [2.75, 3.05) is 19.6 Å². The summed E-state index contributed by atoms with van der Waals surface area (Å²) < 4.78 is 26.5. The fourth-order valence-electron chi connectivity index (χ4n) is 1.78. The van der Waals surface area contributed by atoms with Gasteiger partial charge in [-0.05, 0) is 13.5 Å². The van der Waals surface area contributed by atoms with Crippen molar-refractivity contribution in [3.05, 3.63) is 36.6 Å². The topological polar surface area (TPSA) is 78.1 Å². The van der Waals surface area contributed by atoms with Gasteiger partial charge in [-0.1, -0.05) is 19.1 Å². The molecule has 6 nitrogen and oxygen atoms in total. The van der Waals surface area contributed by atoms with Crippen LogP contribution >= 0.6 is 0 Å². The van der Waals surface area contributed by atoms with Crippen molar-refractivity contribution < 1.29 is 8.42 Å². The minimum absolute atomic E-state index is 0.0691. The van der Waals surface area contributed by atoms with E-state index < -0.39 is 10.0 Å². The Labute approximate surface area is 120 Å². The van der Waals surface area contributed by atoms with Gasteiger partial charge < -0.3 is 5.32 Å². The van der Waals surface area contributed by atoms with E-state index in [1.807, 2.05) is 13.8 Å². The minimum atomic E-state index is -3.66. The molecule has 0 fully saturated rings. The third-order valence-electron chi connectivity index (χ3n) is 2.84. The molecule has 1 heterocycles. The quantitative estimate of drug-likeness (QED) is 0.671. The number of nitrogens with one attached hydrogen (secondary N) is 2. The third-order valence-corrected chi connectivity index (χ3v) is 4.64. The summed E-state index contributed by atoms with van der Waals surface area (Å²) >= 11 is 0. The first-order chi connectivity index (χ1) is 9.48. The van der Waals surface area contributed by atoms with Crippen molar-refractivity contribution in [1.29, 1.82) is 0 Å². The normalized spacial score (nSPS) is 11.8. The summed E-state index contributed by atoms with van der Waals surface area (Å²) in [7, 11) is -3.66. The summed E-state index contributed by atoms with van der Waals surface area (Å²) in [5.41, 5.74) is 1.42. The van der Waals surface area contributed by atoms with Gasteiger partial charge in [0, 0.05) is 30.9 Å². The highest BCUT2D eigenvalue weighted by atomic mass is 32.2. The van der Waals surface area contributed by atoms with Crippen molar-refractivity contribution in [2.24, 2.45) is 0 Å². The molecular formula is C13H22N4O2S. The first-order valence-corrected chi connectivity index (χ1v) is 7.89. The van der Waals surface area contributed by atoms with Crippen LogP contribution in [0.15, 0.2) is 30.3 Å². The van der Waals surface area contributed by atoms with Crippen molar-refractivity contribution in [3.8, 4) is 0 Å². The van der Waals surface area contributed by atoms with Gasteiger partial charge in [0.1, 0.15) is 0 Å². The van der Waals surface area contributed by atoms with Gasteiger partial charge in [0.05, 0.1) is 0 Å². The van der Waals surface area contributed by atoms with Gasteiger partial charge in [0.25, 0.3) is 10.0 Å². The number of hydrogen-bond donors (Lipinski definition) is 2. The number of aromatic nitrogens is 2. The average molecular weight is 298 g/mol. The van der Waals surface area contributed by atoms with Crippen LogP contribution in [0.1, 0.15) is 18.2 Å². The molecule has 0 aliphatic carbocycles. The zero-order chi connectivity index (χ0) is 15.2. The Morgan fingerprint density at radius 2 is 1.95 bits per heavy atom. The highest BCUT2D eigenvalue weighted by Crippen LogP contribution is 2.20. The zero-order valence-corrected chi connectivity index (χ0v) is 12.8. The second-order valence-corrected chi connectivity index (χ2v) is 6.17. The van der Waals surface area contributed by atoms with Crippen LogP contribution in [0.25, 0.3) is 0 Å². The molecule has 1 rings (SSSR count). The van der Waals surface area contributed by atoms with E-state index in [9.17, 15) is 8.42 Å². The smallest absolute Gasteiger partial charge is 0.263 e. The van der Waals surface area contributed by atoms with Gasteiger partial charge >= 0.3 is 0 Å². The Morgan fingerprint density at radius 1 is 1.35 bits per heavy atom. The Kier molecular flexibility index (Phi) is 6.12. The standard InChI is InChI=1S/C13H22N4O2S/c1-5-8-17(9-6-2)20(18,19)13-12(10-14-7-3)11(4)15-16-13/h5-6,14H,1-2,7-10H2,3-4H3,(H,15,16). The SMILES string of the molecule is C=CCN(CC=C)S(=O)(=O)c1n[nH]c(C)c1CNCC. The van der Waals surface area contributed by atoms with Crippen molar-refractivity contribution in [3.63, 3.8) is 0 Å². The zero-order valence-electron chi connectivity index (χ0n) is 12.0. The Bertz CT molecular complexity index is 553. The lowest BCUT2D eigenvalue weighted by atomic mass is 10.2. The van der Waals surface area contributed by atoms with Gasteiger partial charge in [0.15, 0.2) is 5.03 Å². The van der Waals surface area contributed by atoms with Crippen molar-refractivity contribution in [2.45, 2.75) is 25.4 Å². The maximum Gasteiger partial charge on any atom is 0.263 e. The van der Waals surface area contributed by atoms with E-state index in [4.69, 9.17) is 0 Å². The predicted molar refractivity (Wildman–Crippen MR) is 79.9 cm³/mol. The number of aryl methyl sites for hydroxylation is 1. The first-order valence-electron chi connectivity index (χ1n) is 6.45. The Balaban J connectivity index is 3.19. The molecule has 0 aliphatic rings. The summed E-state index contributed by atoms with van der Waals surface area (Å²) in [5, 5.41) is 9.90. The molecule has 0 bridgehead atoms. The highest BCUT2D eigenvalue weighted by molar-refractivity contribution is 7.89. The second-order valence-electron chi connectivity index (χ2n) is 4.31. The summed E-state index contributed by atoms with van der Waals surface area (Å²) in [4.78, 5) is 0. The first kappa shape index (κ1) is 16.6. The maximum atomic E-state index is 12.6. The van der Waals surface area contributed by atoms with Crippen molar-refractivity contribution in [1.82, 2.24) is 19.8 Å². The number of rotatable bonds is 9. The molecule has 0 aromatic carbocycles. The lowest BCUT2D eigenvalue weighted by Gasteiger charge is -2.18. The van der Waals surface area contributed by atoms with Gasteiger partial charge in [-0.25, -0.2) is 8.42 Å². The molecule has 1 aromatic rings. The molecule has 0 aliphatic heterocycles. The van der Waals surface area contributed by atoms with Crippen molar-refractivity contribution >= 4 is 10.0 Å². The van der Waals surface area contributed by atoms with Gasteiger partial charge in [-0.15, -0.1) is 13.2 Å². The molecule has 0 atom stereocenters. The number of sulfonamides is 1. The third kappa shape index (κ3) is 3.56. The van der Waals surface area contributed by atoms with Gasteiger partial charge in [0.2, 0.25) is 0 Å². The predicted octanol–water partition coefficient (Wildman–Crippen LogP) is 1.19. The molecule has 2 N–H and O–H groups in total. The Morgan fingerprint density at radius 3 is 2.45 bits per heavy atom. The summed E-state index contributed by atoms with van der Waals surface area (Å²) in [6, 6.07) is 0. The maximum absolute atomic E-state index is 12.6. The van der Waals surface area contributed by atoms with Crippen LogP contribution in [0.3, 0.4) is 0 Å². The number of H-pyrrole nitrogens is 1. The lowest BCUT2D eigenvalue weighted by Crippen LogP contribution is -2.32. The minimum Gasteiger partial charge on any atom is -0.313 e. The molecule has 20 heavy (non-hydrogen) atoms. The van der Waals surface area contributed by atoms with E-state index in [1.54, 1.807) is 12.2 Å². The molecule has 0 saturated heterocycles. The van der Waals surface area contributed by atoms with E-state index in [-0.39, 0.29) is 18.1 Å². The van der Waals surface area contributed by atoms with Crippen LogP contribution < -0.4 is 5.32 Å². The largest absolute Gasteiger partial charge is 0.313 e. The molecule has 0 saturated carbocycles. The number of hydrogen-bond acceptors (Lipinski definition) is 4. The van der Waals surface area contributed by atoms with E-state index in [2.05, 4.69) is 28.7 Å². The average Bonchev–Trinajstić information content (AvgIpc) is 2.78. The van der Waals surface area contributed by atoms with Crippen LogP contribution in [0.4, 0.5) is 0 Å². The summed E-state index contributed by atoms with van der Waals surface area (Å²) in [6.07, 6.45) is 3.09.